The van der Waals surface area contributed by atoms with Gasteiger partial charge in [0.2, 0.25) is 5.91 Å². The molecule has 2 heterocycles. The Morgan fingerprint density at radius 3 is 3.00 bits per heavy atom. The summed E-state index contributed by atoms with van der Waals surface area (Å²) in [6.07, 6.45) is 3.01. The molecule has 1 aliphatic heterocycles. The van der Waals surface area contributed by atoms with Crippen molar-refractivity contribution in [1.82, 2.24) is 14.9 Å². The molecule has 1 saturated heterocycles. The summed E-state index contributed by atoms with van der Waals surface area (Å²) in [6.45, 7) is 0.719. The fourth-order valence-electron chi connectivity index (χ4n) is 2.44. The van der Waals surface area contributed by atoms with E-state index in [-0.39, 0.29) is 11.9 Å². The van der Waals surface area contributed by atoms with Crippen molar-refractivity contribution in [2.75, 3.05) is 18.9 Å². The summed E-state index contributed by atoms with van der Waals surface area (Å²) in [5, 5.41) is 4.45. The summed E-state index contributed by atoms with van der Waals surface area (Å²) in [6, 6.07) is 8.18. The molecule has 0 radical (unpaired) electrons. The zero-order chi connectivity index (χ0) is 13.2. The second kappa shape index (κ2) is 4.84. The predicted octanol–water partition coefficient (Wildman–Crippen LogP) is 1.66. The molecule has 98 valence electrons. The van der Waals surface area contributed by atoms with E-state index in [4.69, 9.17) is 0 Å². The van der Waals surface area contributed by atoms with Gasteiger partial charge >= 0.3 is 0 Å². The number of rotatable bonds is 2. The van der Waals surface area contributed by atoms with Crippen molar-refractivity contribution < 1.29 is 4.79 Å². The van der Waals surface area contributed by atoms with E-state index in [0.717, 1.165) is 29.7 Å². The summed E-state index contributed by atoms with van der Waals surface area (Å²) in [5.41, 5.74) is 0.931. The molecule has 5 heteroatoms. The highest BCUT2D eigenvalue weighted by Gasteiger charge is 2.23. The number of hydrogen-bond acceptors (Lipinski definition) is 4. The monoisotopic (exact) mass is 256 g/mol. The number of amides is 1. The van der Waals surface area contributed by atoms with Gasteiger partial charge in [-0.15, -0.1) is 0 Å². The molecule has 0 spiro atoms. The lowest BCUT2D eigenvalue weighted by molar-refractivity contribution is -0.132. The van der Waals surface area contributed by atoms with Crippen LogP contribution in [0.2, 0.25) is 0 Å². The Hall–Kier alpha value is -2.17. The molecule has 3 rings (SSSR count). The third-order valence-corrected chi connectivity index (χ3v) is 3.51. The molecule has 5 nitrogen and oxygen atoms in total. The minimum Gasteiger partial charge on any atom is -0.365 e. The molecule has 1 amide bonds. The molecular weight excluding hydrogens is 240 g/mol. The average Bonchev–Trinajstić information content (AvgIpc) is 2.43. The van der Waals surface area contributed by atoms with E-state index < -0.39 is 0 Å². The van der Waals surface area contributed by atoms with Crippen LogP contribution in [-0.4, -0.2) is 40.4 Å². The molecule has 1 N–H and O–H groups in total. The van der Waals surface area contributed by atoms with Crippen molar-refractivity contribution in [2.45, 2.75) is 18.9 Å². The zero-order valence-corrected chi connectivity index (χ0v) is 10.8. The summed E-state index contributed by atoms with van der Waals surface area (Å²) >= 11 is 0. The van der Waals surface area contributed by atoms with Gasteiger partial charge in [0.15, 0.2) is 0 Å². The topological polar surface area (TPSA) is 58.1 Å². The lowest BCUT2D eigenvalue weighted by Crippen LogP contribution is -2.43. The maximum Gasteiger partial charge on any atom is 0.222 e. The van der Waals surface area contributed by atoms with Crippen molar-refractivity contribution in [1.29, 1.82) is 0 Å². The van der Waals surface area contributed by atoms with E-state index in [1.807, 2.05) is 31.3 Å². The number of piperidine rings is 1. The van der Waals surface area contributed by atoms with Crippen molar-refractivity contribution in [3.8, 4) is 0 Å². The molecule has 1 aliphatic rings. The molecule has 0 aliphatic carbocycles. The Morgan fingerprint density at radius 1 is 1.32 bits per heavy atom. The maximum atomic E-state index is 11.5. The van der Waals surface area contributed by atoms with Crippen LogP contribution in [0.3, 0.4) is 0 Å². The summed E-state index contributed by atoms with van der Waals surface area (Å²) in [7, 11) is 1.84. The Bertz CT molecular complexity index is 608. The first kappa shape index (κ1) is 11.9. The molecule has 1 aromatic carbocycles. The number of likely N-dealkylation sites (tertiary alicyclic amines) is 1. The van der Waals surface area contributed by atoms with Crippen LogP contribution in [-0.2, 0) is 4.79 Å². The standard InChI is InChI=1S/C14H16N4O/c1-18-8-10(6-7-13(18)19)17-14-11-4-2-3-5-12(11)15-9-16-14/h2-5,9-10H,6-8H2,1H3,(H,15,16,17). The lowest BCUT2D eigenvalue weighted by Gasteiger charge is -2.30. The van der Waals surface area contributed by atoms with Crippen LogP contribution in [0.5, 0.6) is 0 Å². The van der Waals surface area contributed by atoms with E-state index in [1.165, 1.54) is 0 Å². The first-order valence-corrected chi connectivity index (χ1v) is 6.44. The number of para-hydroxylation sites is 1. The number of nitrogens with one attached hydrogen (secondary N) is 1. The van der Waals surface area contributed by atoms with Gasteiger partial charge in [-0.05, 0) is 18.6 Å². The SMILES string of the molecule is CN1CC(Nc2ncnc3ccccc23)CCC1=O. The fourth-order valence-corrected chi connectivity index (χ4v) is 2.44. The number of nitrogens with zero attached hydrogens (tertiary/aromatic N) is 3. The summed E-state index contributed by atoms with van der Waals surface area (Å²) < 4.78 is 0. The minimum atomic E-state index is 0.214. The van der Waals surface area contributed by atoms with Gasteiger partial charge in [-0.3, -0.25) is 4.79 Å². The van der Waals surface area contributed by atoms with Crippen LogP contribution in [0.1, 0.15) is 12.8 Å². The Morgan fingerprint density at radius 2 is 2.16 bits per heavy atom. The highest BCUT2D eigenvalue weighted by molar-refractivity contribution is 5.88. The maximum absolute atomic E-state index is 11.5. The third kappa shape index (κ3) is 2.36. The van der Waals surface area contributed by atoms with E-state index >= 15 is 0 Å². The molecule has 1 atom stereocenters. The lowest BCUT2D eigenvalue weighted by atomic mass is 10.1. The third-order valence-electron chi connectivity index (χ3n) is 3.51. The molecule has 1 aromatic heterocycles. The number of fused-ring (bicyclic) bond motifs is 1. The Labute approximate surface area is 111 Å². The van der Waals surface area contributed by atoms with E-state index in [2.05, 4.69) is 15.3 Å². The van der Waals surface area contributed by atoms with Gasteiger partial charge in [0.25, 0.3) is 0 Å². The fraction of sp³-hybridized carbons (Fsp3) is 0.357. The number of aromatic nitrogens is 2. The second-order valence-corrected chi connectivity index (χ2v) is 4.89. The second-order valence-electron chi connectivity index (χ2n) is 4.89. The highest BCUT2D eigenvalue weighted by atomic mass is 16.2. The molecule has 2 aromatic rings. The quantitative estimate of drug-likeness (QED) is 0.888. The van der Waals surface area contributed by atoms with Gasteiger partial charge in [-0.2, -0.15) is 0 Å². The van der Waals surface area contributed by atoms with Crippen LogP contribution in [0, 0.1) is 0 Å². The highest BCUT2D eigenvalue weighted by Crippen LogP contribution is 2.21. The number of carbonyl (C=O) groups excluding carboxylic acids is 1. The van der Waals surface area contributed by atoms with Gasteiger partial charge < -0.3 is 10.2 Å². The number of anilines is 1. The van der Waals surface area contributed by atoms with Gasteiger partial charge in [0.05, 0.1) is 5.52 Å². The Balaban J connectivity index is 1.84. The van der Waals surface area contributed by atoms with Crippen molar-refractivity contribution in [3.63, 3.8) is 0 Å². The van der Waals surface area contributed by atoms with Crippen LogP contribution in [0.15, 0.2) is 30.6 Å². The molecule has 19 heavy (non-hydrogen) atoms. The normalized spacial score (nSPS) is 19.7. The van der Waals surface area contributed by atoms with Crippen LogP contribution in [0.25, 0.3) is 10.9 Å². The van der Waals surface area contributed by atoms with Crippen LogP contribution >= 0.6 is 0 Å². The van der Waals surface area contributed by atoms with E-state index in [9.17, 15) is 4.79 Å². The first-order chi connectivity index (χ1) is 9.24. The van der Waals surface area contributed by atoms with Crippen molar-refractivity contribution >= 4 is 22.6 Å². The number of benzene rings is 1. The number of hydrogen-bond donors (Lipinski definition) is 1. The summed E-state index contributed by atoms with van der Waals surface area (Å²) in [4.78, 5) is 21.8. The molecule has 0 bridgehead atoms. The number of likely N-dealkylation sites (N-methyl/N-ethyl adjacent to an activating group) is 1. The van der Waals surface area contributed by atoms with E-state index in [0.29, 0.717) is 6.42 Å². The van der Waals surface area contributed by atoms with Gasteiger partial charge in [-0.25, -0.2) is 9.97 Å². The van der Waals surface area contributed by atoms with Gasteiger partial charge in [0.1, 0.15) is 12.1 Å². The van der Waals surface area contributed by atoms with Crippen LogP contribution < -0.4 is 5.32 Å². The molecule has 0 saturated carbocycles. The Kier molecular flexibility index (Phi) is 3.03. The molecular formula is C14H16N4O. The summed E-state index contributed by atoms with van der Waals surface area (Å²) in [5.74, 6) is 1.06. The van der Waals surface area contributed by atoms with Crippen molar-refractivity contribution in [2.24, 2.45) is 0 Å². The van der Waals surface area contributed by atoms with Gasteiger partial charge in [-0.1, -0.05) is 12.1 Å². The molecule has 1 fully saturated rings. The minimum absolute atomic E-state index is 0.214. The van der Waals surface area contributed by atoms with Gasteiger partial charge in [0, 0.05) is 31.4 Å². The number of carbonyl (C=O) groups is 1. The predicted molar refractivity (Wildman–Crippen MR) is 73.8 cm³/mol. The molecule has 1 unspecified atom stereocenters. The van der Waals surface area contributed by atoms with Crippen LogP contribution in [0.4, 0.5) is 5.82 Å². The average molecular weight is 256 g/mol. The zero-order valence-electron chi connectivity index (χ0n) is 10.8. The van der Waals surface area contributed by atoms with E-state index in [1.54, 1.807) is 11.2 Å². The van der Waals surface area contributed by atoms with Crippen molar-refractivity contribution in [3.05, 3.63) is 30.6 Å². The smallest absolute Gasteiger partial charge is 0.222 e. The first-order valence-electron chi connectivity index (χ1n) is 6.44. The largest absolute Gasteiger partial charge is 0.365 e.